The van der Waals surface area contributed by atoms with Gasteiger partial charge in [0.1, 0.15) is 0 Å². The van der Waals surface area contributed by atoms with E-state index >= 15 is 0 Å². The smallest absolute Gasteiger partial charge is 0.238 e. The number of H-pyrrole nitrogens is 1. The molecule has 4 aromatic rings. The Kier molecular flexibility index (Phi) is 3.81. The molecule has 0 spiro atoms. The Labute approximate surface area is 143 Å². The van der Waals surface area contributed by atoms with Crippen molar-refractivity contribution in [1.29, 1.82) is 0 Å². The van der Waals surface area contributed by atoms with Crippen LogP contribution in [-0.4, -0.2) is 15.8 Å². The molecule has 116 valence electrons. The lowest BCUT2D eigenvalue weighted by Crippen LogP contribution is -2.01. The molecule has 24 heavy (non-hydrogen) atoms. The predicted octanol–water partition coefficient (Wildman–Crippen LogP) is 5.04. The van der Waals surface area contributed by atoms with Gasteiger partial charge in [-0.05, 0) is 11.4 Å². The minimum atomic E-state index is -0.0793. The van der Waals surface area contributed by atoms with E-state index < -0.39 is 0 Å². The van der Waals surface area contributed by atoms with Crippen LogP contribution in [0.5, 0.6) is 0 Å². The second-order valence-electron chi connectivity index (χ2n) is 5.35. The quantitative estimate of drug-likeness (QED) is 0.533. The highest BCUT2D eigenvalue weighted by Crippen LogP contribution is 2.30. The van der Waals surface area contributed by atoms with Crippen LogP contribution in [0.1, 0.15) is 15.5 Å². The maximum Gasteiger partial charge on any atom is 0.238 e. The van der Waals surface area contributed by atoms with Gasteiger partial charge in [-0.15, -0.1) is 11.3 Å². The zero-order chi connectivity index (χ0) is 16.4. The second-order valence-corrected chi connectivity index (χ2v) is 6.30. The molecule has 1 N–H and O–H groups in total. The number of hydrogen-bond donors (Lipinski definition) is 1. The third kappa shape index (κ3) is 2.68. The van der Waals surface area contributed by atoms with Crippen LogP contribution >= 0.6 is 11.3 Å². The van der Waals surface area contributed by atoms with Crippen molar-refractivity contribution >= 4 is 17.1 Å². The molecule has 4 heteroatoms. The Morgan fingerprint density at radius 1 is 0.833 bits per heavy atom. The van der Waals surface area contributed by atoms with E-state index in [9.17, 15) is 4.79 Å². The number of carbonyl (C=O) groups excluding carboxylic acids is 1. The first-order valence-corrected chi connectivity index (χ1v) is 8.50. The van der Waals surface area contributed by atoms with Crippen LogP contribution in [0.25, 0.3) is 22.5 Å². The third-order valence-corrected chi connectivity index (χ3v) is 4.64. The number of aromatic amines is 1. The van der Waals surface area contributed by atoms with Gasteiger partial charge in [-0.1, -0.05) is 66.7 Å². The zero-order valence-electron chi connectivity index (χ0n) is 12.8. The average molecular weight is 330 g/mol. The Balaban J connectivity index is 1.87. The van der Waals surface area contributed by atoms with E-state index in [-0.39, 0.29) is 5.78 Å². The van der Waals surface area contributed by atoms with E-state index in [0.29, 0.717) is 10.7 Å². The molecule has 0 atom stereocenters. The fourth-order valence-electron chi connectivity index (χ4n) is 2.62. The van der Waals surface area contributed by atoms with Gasteiger partial charge >= 0.3 is 0 Å². The molecule has 3 nitrogen and oxygen atoms in total. The van der Waals surface area contributed by atoms with Gasteiger partial charge in [-0.2, -0.15) is 0 Å². The Morgan fingerprint density at radius 2 is 1.50 bits per heavy atom. The zero-order valence-corrected chi connectivity index (χ0v) is 13.6. The van der Waals surface area contributed by atoms with Crippen molar-refractivity contribution in [1.82, 2.24) is 9.97 Å². The van der Waals surface area contributed by atoms with Crippen molar-refractivity contribution in [3.63, 3.8) is 0 Å². The van der Waals surface area contributed by atoms with Crippen molar-refractivity contribution in [3.05, 3.63) is 88.9 Å². The topological polar surface area (TPSA) is 45.8 Å². The summed E-state index contributed by atoms with van der Waals surface area (Å²) in [6, 6.07) is 23.6. The molecule has 0 unspecified atom stereocenters. The summed E-state index contributed by atoms with van der Waals surface area (Å²) in [6.07, 6.45) is 0. The van der Waals surface area contributed by atoms with Gasteiger partial charge in [0, 0.05) is 11.1 Å². The molecule has 0 saturated heterocycles. The molecule has 0 aliphatic heterocycles. The van der Waals surface area contributed by atoms with E-state index in [1.165, 1.54) is 11.3 Å². The Morgan fingerprint density at radius 3 is 2.12 bits per heavy atom. The van der Waals surface area contributed by atoms with Crippen LogP contribution in [0.2, 0.25) is 0 Å². The average Bonchev–Trinajstić information content (AvgIpc) is 3.33. The highest BCUT2D eigenvalue weighted by Gasteiger charge is 2.19. The summed E-state index contributed by atoms with van der Waals surface area (Å²) >= 11 is 1.42. The summed E-state index contributed by atoms with van der Waals surface area (Å²) in [7, 11) is 0. The van der Waals surface area contributed by atoms with Crippen LogP contribution in [0.15, 0.2) is 78.2 Å². The van der Waals surface area contributed by atoms with Crippen molar-refractivity contribution in [3.8, 4) is 22.5 Å². The molecular weight excluding hydrogens is 316 g/mol. The van der Waals surface area contributed by atoms with Gasteiger partial charge in [0.25, 0.3) is 0 Å². The minimum Gasteiger partial charge on any atom is -0.335 e. The van der Waals surface area contributed by atoms with Crippen LogP contribution in [-0.2, 0) is 0 Å². The summed E-state index contributed by atoms with van der Waals surface area (Å²) in [6.45, 7) is 0. The lowest BCUT2D eigenvalue weighted by Gasteiger charge is -2.02. The normalized spacial score (nSPS) is 10.7. The fraction of sp³-hybridized carbons (Fsp3) is 0. The molecule has 0 saturated carbocycles. The molecule has 0 radical (unpaired) electrons. The molecule has 2 aromatic carbocycles. The maximum atomic E-state index is 12.7. The molecule has 0 bridgehead atoms. The van der Waals surface area contributed by atoms with E-state index in [1.807, 2.05) is 78.2 Å². The largest absolute Gasteiger partial charge is 0.335 e. The SMILES string of the molecule is O=C(c1nc(-c2ccccc2)c(-c2ccccc2)[nH]1)c1cccs1. The fourth-order valence-corrected chi connectivity index (χ4v) is 3.29. The van der Waals surface area contributed by atoms with E-state index in [2.05, 4.69) is 9.97 Å². The number of benzene rings is 2. The monoisotopic (exact) mass is 330 g/mol. The number of hydrogen-bond acceptors (Lipinski definition) is 3. The summed E-state index contributed by atoms with van der Waals surface area (Å²) in [4.78, 5) is 21.2. The van der Waals surface area contributed by atoms with Gasteiger partial charge in [-0.3, -0.25) is 4.79 Å². The van der Waals surface area contributed by atoms with Crippen molar-refractivity contribution in [2.75, 3.05) is 0 Å². The number of rotatable bonds is 4. The summed E-state index contributed by atoms with van der Waals surface area (Å²) in [5.41, 5.74) is 3.65. The van der Waals surface area contributed by atoms with Crippen LogP contribution < -0.4 is 0 Å². The first-order chi connectivity index (χ1) is 11.8. The first-order valence-electron chi connectivity index (χ1n) is 7.62. The van der Waals surface area contributed by atoms with Gasteiger partial charge in [0.05, 0.1) is 16.3 Å². The summed E-state index contributed by atoms with van der Waals surface area (Å²) < 4.78 is 0. The Bertz CT molecular complexity index is 901. The number of aromatic nitrogens is 2. The second kappa shape index (κ2) is 6.26. The van der Waals surface area contributed by atoms with Crippen LogP contribution in [0.3, 0.4) is 0 Å². The van der Waals surface area contributed by atoms with Crippen LogP contribution in [0.4, 0.5) is 0 Å². The molecule has 0 amide bonds. The van der Waals surface area contributed by atoms with Gasteiger partial charge < -0.3 is 4.98 Å². The number of nitrogens with zero attached hydrogens (tertiary/aromatic N) is 1. The molecule has 4 rings (SSSR count). The molecule has 2 heterocycles. The third-order valence-electron chi connectivity index (χ3n) is 3.77. The molecular formula is C20H14N2OS. The van der Waals surface area contributed by atoms with Gasteiger partial charge in [0.2, 0.25) is 5.78 Å². The summed E-state index contributed by atoms with van der Waals surface area (Å²) in [5.74, 6) is 0.291. The number of carbonyl (C=O) groups is 1. The first kappa shape index (κ1) is 14.6. The predicted molar refractivity (Wildman–Crippen MR) is 97.2 cm³/mol. The minimum absolute atomic E-state index is 0.0793. The number of imidazole rings is 1. The number of nitrogens with one attached hydrogen (secondary N) is 1. The van der Waals surface area contributed by atoms with Crippen molar-refractivity contribution in [2.45, 2.75) is 0 Å². The van der Waals surface area contributed by atoms with Gasteiger partial charge in [-0.25, -0.2) is 4.98 Å². The summed E-state index contributed by atoms with van der Waals surface area (Å²) in [5, 5.41) is 1.90. The highest BCUT2D eigenvalue weighted by molar-refractivity contribution is 7.12. The van der Waals surface area contributed by atoms with E-state index in [1.54, 1.807) is 0 Å². The standard InChI is InChI=1S/C20H14N2OS/c23-19(16-12-7-13-24-16)20-21-17(14-8-3-1-4-9-14)18(22-20)15-10-5-2-6-11-15/h1-13H,(H,21,22). The lowest BCUT2D eigenvalue weighted by atomic mass is 10.1. The van der Waals surface area contributed by atoms with Gasteiger partial charge in [0.15, 0.2) is 5.82 Å². The highest BCUT2D eigenvalue weighted by atomic mass is 32.1. The number of ketones is 1. The molecule has 0 aliphatic carbocycles. The maximum absolute atomic E-state index is 12.7. The van der Waals surface area contributed by atoms with E-state index in [4.69, 9.17) is 0 Å². The Hall–Kier alpha value is -2.98. The van der Waals surface area contributed by atoms with E-state index in [0.717, 1.165) is 22.5 Å². The van der Waals surface area contributed by atoms with Crippen LogP contribution in [0, 0.1) is 0 Å². The molecule has 0 aliphatic rings. The molecule has 0 fully saturated rings. The lowest BCUT2D eigenvalue weighted by molar-refractivity contribution is 0.103. The number of thiophene rings is 1. The van der Waals surface area contributed by atoms with Crippen molar-refractivity contribution in [2.24, 2.45) is 0 Å². The molecule has 2 aromatic heterocycles. The van der Waals surface area contributed by atoms with Crippen molar-refractivity contribution < 1.29 is 4.79 Å².